The summed E-state index contributed by atoms with van der Waals surface area (Å²) in [5.74, 6) is -5.00. The molecule has 15 heteroatoms. The number of rotatable bonds is 9. The predicted molar refractivity (Wildman–Crippen MR) is 153 cm³/mol. The molecule has 5 aromatic rings. The summed E-state index contributed by atoms with van der Waals surface area (Å²) in [5.41, 5.74) is 4.54. The van der Waals surface area contributed by atoms with E-state index < -0.39 is 11.6 Å². The number of morpholine rings is 1. The van der Waals surface area contributed by atoms with Gasteiger partial charge in [-0.2, -0.15) is 10.2 Å². The molecule has 13 nitrogen and oxygen atoms in total. The summed E-state index contributed by atoms with van der Waals surface area (Å²) in [6.07, 6.45) is 5.10. The van der Waals surface area contributed by atoms with Gasteiger partial charge in [0.05, 0.1) is 42.9 Å². The standard InChI is InChI=1S/C27H27B2N7O6/c28-26(37,38)36(27(29,39)40)9-8-34-17-19(16-30-34)23-14-21-25(42-23)22(33-10-12-41-13-11-33)15-24(31-21)35-7-6-20(32-35)18-4-2-1-3-5-18/h1-7,14-17,37-40H,8-13H2. The molecule has 0 aliphatic carbocycles. The summed E-state index contributed by atoms with van der Waals surface area (Å²) >= 11 is 0. The highest BCUT2D eigenvalue weighted by atomic mass is 16.6. The number of benzene rings is 1. The predicted octanol–water partition coefficient (Wildman–Crippen LogP) is 0.211. The van der Waals surface area contributed by atoms with Crippen LogP contribution in [0, 0.1) is 0 Å². The van der Waals surface area contributed by atoms with Gasteiger partial charge in [0.2, 0.25) is 0 Å². The molecule has 0 amide bonds. The van der Waals surface area contributed by atoms with E-state index >= 15 is 0 Å². The quantitative estimate of drug-likeness (QED) is 0.143. The van der Waals surface area contributed by atoms with Crippen LogP contribution >= 0.6 is 0 Å². The van der Waals surface area contributed by atoms with Crippen molar-refractivity contribution in [2.24, 2.45) is 0 Å². The number of hydrogen-bond donors (Lipinski definition) is 4. The van der Waals surface area contributed by atoms with Crippen molar-refractivity contribution in [3.8, 4) is 28.4 Å². The van der Waals surface area contributed by atoms with Gasteiger partial charge in [-0.3, -0.25) is 4.68 Å². The van der Waals surface area contributed by atoms with Crippen molar-refractivity contribution in [2.75, 3.05) is 37.7 Å². The summed E-state index contributed by atoms with van der Waals surface area (Å²) < 4.78 is 15.1. The van der Waals surface area contributed by atoms with Crippen LogP contribution in [0.4, 0.5) is 5.69 Å². The van der Waals surface area contributed by atoms with Gasteiger partial charge in [0.25, 0.3) is 0 Å². The SMILES string of the molecule is [B]C(O)(O)N(CCn1cc(-c2cc3nc(-n4ccc(-c5ccccc5)n4)cc(N4CCOCC4)c3o2)cn1)C([B])(O)O. The summed E-state index contributed by atoms with van der Waals surface area (Å²) in [4.78, 5) is 7.33. The van der Waals surface area contributed by atoms with Crippen LogP contribution in [0.1, 0.15) is 0 Å². The van der Waals surface area contributed by atoms with Crippen molar-refractivity contribution < 1.29 is 29.6 Å². The zero-order chi connectivity index (χ0) is 29.5. The fourth-order valence-corrected chi connectivity index (χ4v) is 4.89. The minimum absolute atomic E-state index is 0.00909. The van der Waals surface area contributed by atoms with Crippen LogP contribution in [0.5, 0.6) is 0 Å². The van der Waals surface area contributed by atoms with Crippen LogP contribution < -0.4 is 4.90 Å². The average Bonchev–Trinajstić information content (AvgIpc) is 3.72. The molecular formula is C27H27B2N7O6. The fraction of sp³-hybridized carbons (Fsp3) is 0.296. The summed E-state index contributed by atoms with van der Waals surface area (Å²) in [7, 11) is 10.4. The third-order valence-corrected chi connectivity index (χ3v) is 6.96. The molecule has 0 bridgehead atoms. The van der Waals surface area contributed by atoms with E-state index in [0.29, 0.717) is 59.4 Å². The molecule has 4 radical (unpaired) electrons. The second kappa shape index (κ2) is 11.0. The lowest BCUT2D eigenvalue weighted by Gasteiger charge is -2.40. The molecule has 1 aliphatic heterocycles. The van der Waals surface area contributed by atoms with Crippen molar-refractivity contribution in [3.05, 3.63) is 67.1 Å². The van der Waals surface area contributed by atoms with Gasteiger partial charge >= 0.3 is 0 Å². The number of furan rings is 1. The highest BCUT2D eigenvalue weighted by Crippen LogP contribution is 2.35. The maximum Gasteiger partial charge on any atom is 0.178 e. The number of fused-ring (bicyclic) bond motifs is 1. The first kappa shape index (κ1) is 28.2. The van der Waals surface area contributed by atoms with Crippen molar-refractivity contribution in [3.63, 3.8) is 0 Å². The van der Waals surface area contributed by atoms with Gasteiger partial charge in [-0.05, 0) is 6.07 Å². The minimum atomic E-state index is -3.07. The van der Waals surface area contributed by atoms with Crippen LogP contribution in [0.2, 0.25) is 0 Å². The lowest BCUT2D eigenvalue weighted by atomic mass is 9.94. The normalized spacial score (nSPS) is 14.7. The molecule has 212 valence electrons. The van der Waals surface area contributed by atoms with Gasteiger partial charge in [0, 0.05) is 49.7 Å². The Kier molecular flexibility index (Phi) is 7.39. The molecule has 0 unspecified atom stereocenters. The first-order valence-corrected chi connectivity index (χ1v) is 13.2. The molecule has 0 saturated carbocycles. The summed E-state index contributed by atoms with van der Waals surface area (Å²) in [6, 6.07) is 15.6. The summed E-state index contributed by atoms with van der Waals surface area (Å²) in [5, 5.41) is 47.6. The maximum absolute atomic E-state index is 9.64. The van der Waals surface area contributed by atoms with Crippen LogP contribution in [-0.4, -0.2) is 110 Å². The van der Waals surface area contributed by atoms with E-state index in [1.165, 1.54) is 4.68 Å². The first-order chi connectivity index (χ1) is 20.1. The van der Waals surface area contributed by atoms with E-state index in [-0.39, 0.29) is 13.1 Å². The number of aromatic nitrogens is 5. The molecule has 6 rings (SSSR count). The molecule has 42 heavy (non-hydrogen) atoms. The Balaban J connectivity index is 1.32. The number of ether oxygens (including phenoxy) is 1. The molecule has 0 spiro atoms. The number of pyridine rings is 1. The largest absolute Gasteiger partial charge is 0.452 e. The second-order valence-electron chi connectivity index (χ2n) is 9.95. The third kappa shape index (κ3) is 5.83. The van der Waals surface area contributed by atoms with Gasteiger partial charge in [-0.15, -0.1) is 0 Å². The average molecular weight is 567 g/mol. The van der Waals surface area contributed by atoms with Crippen molar-refractivity contribution in [1.82, 2.24) is 29.4 Å². The van der Waals surface area contributed by atoms with Crippen LogP contribution in [-0.2, 0) is 11.3 Å². The monoisotopic (exact) mass is 567 g/mol. The van der Waals surface area contributed by atoms with E-state index in [0.717, 1.165) is 16.9 Å². The van der Waals surface area contributed by atoms with Gasteiger partial charge in [-0.1, -0.05) is 30.3 Å². The Morgan fingerprint density at radius 2 is 1.69 bits per heavy atom. The number of hydrogen-bond acceptors (Lipinski definition) is 11. The highest BCUT2D eigenvalue weighted by Gasteiger charge is 2.37. The lowest BCUT2D eigenvalue weighted by Crippen LogP contribution is -2.62. The van der Waals surface area contributed by atoms with E-state index in [1.807, 2.05) is 54.7 Å². The van der Waals surface area contributed by atoms with Gasteiger partial charge in [0.15, 0.2) is 38.7 Å². The molecule has 1 aromatic carbocycles. The van der Waals surface area contributed by atoms with Gasteiger partial charge in [-0.25, -0.2) is 14.6 Å². The second-order valence-corrected chi connectivity index (χ2v) is 9.95. The molecule has 1 aliphatic rings. The molecule has 1 fully saturated rings. The molecule has 5 heterocycles. The van der Waals surface area contributed by atoms with E-state index in [4.69, 9.17) is 34.9 Å². The Morgan fingerprint density at radius 1 is 0.952 bits per heavy atom. The zero-order valence-corrected chi connectivity index (χ0v) is 22.5. The molecule has 0 atom stereocenters. The Hall–Kier alpha value is -3.98. The minimum Gasteiger partial charge on any atom is -0.452 e. The number of aliphatic hydroxyl groups is 4. The zero-order valence-electron chi connectivity index (χ0n) is 22.5. The topological polar surface area (TPSA) is 158 Å². The number of nitrogens with zero attached hydrogens (tertiary/aromatic N) is 7. The Morgan fingerprint density at radius 3 is 2.40 bits per heavy atom. The number of anilines is 1. The molecule has 4 N–H and O–H groups in total. The Labute approximate surface area is 243 Å². The van der Waals surface area contributed by atoms with Crippen LogP contribution in [0.15, 0.2) is 71.5 Å². The molecule has 1 saturated heterocycles. The maximum atomic E-state index is 9.64. The first-order valence-electron chi connectivity index (χ1n) is 13.2. The Bertz CT molecular complexity index is 1660. The van der Waals surface area contributed by atoms with Crippen molar-refractivity contribution in [2.45, 2.75) is 18.2 Å². The summed E-state index contributed by atoms with van der Waals surface area (Å²) in [6.45, 7) is 2.20. The van der Waals surface area contributed by atoms with E-state index in [9.17, 15) is 20.4 Å². The lowest BCUT2D eigenvalue weighted by molar-refractivity contribution is -0.314. The molecular weight excluding hydrogens is 540 g/mol. The highest BCUT2D eigenvalue weighted by molar-refractivity contribution is 6.15. The third-order valence-electron chi connectivity index (χ3n) is 6.96. The van der Waals surface area contributed by atoms with Gasteiger partial charge < -0.3 is 34.5 Å². The van der Waals surface area contributed by atoms with E-state index in [2.05, 4.69) is 10.00 Å². The van der Waals surface area contributed by atoms with Crippen molar-refractivity contribution >= 4 is 32.5 Å². The molecule has 4 aromatic heterocycles. The van der Waals surface area contributed by atoms with Crippen molar-refractivity contribution in [1.29, 1.82) is 0 Å². The van der Waals surface area contributed by atoms with Crippen LogP contribution in [0.25, 0.3) is 39.5 Å². The fourth-order valence-electron chi connectivity index (χ4n) is 4.89. The van der Waals surface area contributed by atoms with Crippen LogP contribution in [0.3, 0.4) is 0 Å². The van der Waals surface area contributed by atoms with Gasteiger partial charge in [0.1, 0.15) is 11.3 Å². The van der Waals surface area contributed by atoms with E-state index in [1.54, 1.807) is 17.1 Å². The smallest absolute Gasteiger partial charge is 0.178 e.